The molecule has 1 fully saturated rings. The first-order valence-corrected chi connectivity index (χ1v) is 6.64. The Bertz CT molecular complexity index is 591. The summed E-state index contributed by atoms with van der Waals surface area (Å²) < 4.78 is 5.34. The highest BCUT2D eigenvalue weighted by Crippen LogP contribution is 2.18. The maximum absolute atomic E-state index is 12.0. The van der Waals surface area contributed by atoms with Crippen molar-refractivity contribution in [3.8, 4) is 5.88 Å². The number of ether oxygens (including phenoxy) is 1. The molecule has 0 aliphatic carbocycles. The van der Waals surface area contributed by atoms with E-state index in [1.165, 1.54) is 6.42 Å². The Morgan fingerprint density at radius 2 is 1.84 bits per heavy atom. The minimum atomic E-state index is -0.289. The Morgan fingerprint density at radius 1 is 1.11 bits per heavy atom. The molecular weight excluding hydrogens is 240 g/mol. The van der Waals surface area contributed by atoms with Gasteiger partial charge in [0.1, 0.15) is 0 Å². The van der Waals surface area contributed by atoms with Gasteiger partial charge in [0.05, 0.1) is 0 Å². The summed E-state index contributed by atoms with van der Waals surface area (Å²) in [7, 11) is 0. The number of benzene rings is 1. The lowest BCUT2D eigenvalue weighted by Crippen LogP contribution is -2.37. The van der Waals surface area contributed by atoms with Crippen molar-refractivity contribution >= 4 is 16.9 Å². The molecule has 1 aliphatic rings. The van der Waals surface area contributed by atoms with Crippen molar-refractivity contribution in [3.63, 3.8) is 0 Å². The van der Waals surface area contributed by atoms with Crippen molar-refractivity contribution in [1.29, 1.82) is 0 Å². The van der Waals surface area contributed by atoms with Gasteiger partial charge in [-0.2, -0.15) is 0 Å². The van der Waals surface area contributed by atoms with Gasteiger partial charge in [0, 0.05) is 30.7 Å². The average molecular weight is 256 g/mol. The molecule has 0 bridgehead atoms. The maximum atomic E-state index is 12.0. The quantitative estimate of drug-likeness (QED) is 0.786. The topological polar surface area (TPSA) is 42.4 Å². The molecule has 19 heavy (non-hydrogen) atoms. The van der Waals surface area contributed by atoms with Gasteiger partial charge in [-0.25, -0.2) is 9.78 Å². The number of pyridine rings is 1. The molecule has 0 N–H and O–H groups in total. The third-order valence-electron chi connectivity index (χ3n) is 3.41. The van der Waals surface area contributed by atoms with Crippen LogP contribution in [0.3, 0.4) is 0 Å². The number of amides is 1. The number of carbonyl (C=O) groups excluding carboxylic acids is 1. The third kappa shape index (κ3) is 2.67. The molecule has 0 unspecified atom stereocenters. The van der Waals surface area contributed by atoms with Crippen molar-refractivity contribution in [2.75, 3.05) is 13.1 Å². The van der Waals surface area contributed by atoms with Crippen molar-refractivity contribution < 1.29 is 9.53 Å². The summed E-state index contributed by atoms with van der Waals surface area (Å²) in [5.41, 5.74) is 0. The van der Waals surface area contributed by atoms with Crippen LogP contribution in [0, 0.1) is 0 Å². The monoisotopic (exact) mass is 256 g/mol. The van der Waals surface area contributed by atoms with Crippen LogP contribution in [0.25, 0.3) is 10.8 Å². The molecule has 4 heteroatoms. The molecule has 98 valence electrons. The van der Waals surface area contributed by atoms with E-state index in [-0.39, 0.29) is 6.09 Å². The summed E-state index contributed by atoms with van der Waals surface area (Å²) in [4.78, 5) is 17.9. The summed E-state index contributed by atoms with van der Waals surface area (Å²) in [5, 5.41) is 2.07. The van der Waals surface area contributed by atoms with E-state index in [1.54, 1.807) is 17.2 Å². The lowest BCUT2D eigenvalue weighted by Gasteiger charge is -2.25. The van der Waals surface area contributed by atoms with E-state index < -0.39 is 0 Å². The van der Waals surface area contributed by atoms with Crippen LogP contribution in [0.1, 0.15) is 19.3 Å². The molecule has 2 aromatic rings. The Hall–Kier alpha value is -2.10. The van der Waals surface area contributed by atoms with E-state index in [0.717, 1.165) is 36.7 Å². The second-order valence-corrected chi connectivity index (χ2v) is 4.79. The van der Waals surface area contributed by atoms with Gasteiger partial charge in [0.15, 0.2) is 0 Å². The van der Waals surface area contributed by atoms with Crippen LogP contribution in [0.15, 0.2) is 36.5 Å². The van der Waals surface area contributed by atoms with Crippen molar-refractivity contribution in [2.45, 2.75) is 19.3 Å². The SMILES string of the molecule is O=C(Oc1cc2ccccc2cn1)N1CCCCC1. The van der Waals surface area contributed by atoms with Gasteiger partial charge in [0.25, 0.3) is 0 Å². The molecule has 1 aliphatic heterocycles. The lowest BCUT2D eigenvalue weighted by atomic mass is 10.1. The molecule has 1 aromatic carbocycles. The first-order chi connectivity index (χ1) is 9.33. The maximum Gasteiger partial charge on any atom is 0.416 e. The molecule has 0 spiro atoms. The number of nitrogens with zero attached hydrogens (tertiary/aromatic N) is 2. The van der Waals surface area contributed by atoms with Gasteiger partial charge in [-0.1, -0.05) is 24.3 Å². The lowest BCUT2D eigenvalue weighted by molar-refractivity contribution is 0.141. The van der Waals surface area contributed by atoms with Gasteiger partial charge in [-0.05, 0) is 24.6 Å². The van der Waals surface area contributed by atoms with Gasteiger partial charge in [0.2, 0.25) is 5.88 Å². The minimum absolute atomic E-state index is 0.289. The van der Waals surface area contributed by atoms with Gasteiger partial charge >= 0.3 is 6.09 Å². The molecule has 1 aromatic heterocycles. The smallest absolute Gasteiger partial charge is 0.391 e. The third-order valence-corrected chi connectivity index (χ3v) is 3.41. The number of piperidine rings is 1. The van der Waals surface area contributed by atoms with Crippen LogP contribution >= 0.6 is 0 Å². The van der Waals surface area contributed by atoms with E-state index >= 15 is 0 Å². The Labute approximate surface area is 112 Å². The van der Waals surface area contributed by atoms with Gasteiger partial charge in [-0.3, -0.25) is 0 Å². The predicted molar refractivity (Wildman–Crippen MR) is 73.2 cm³/mol. The summed E-state index contributed by atoms with van der Waals surface area (Å²) >= 11 is 0. The van der Waals surface area contributed by atoms with Crippen LogP contribution in [0.5, 0.6) is 5.88 Å². The fourth-order valence-corrected chi connectivity index (χ4v) is 2.35. The van der Waals surface area contributed by atoms with E-state index in [0.29, 0.717) is 5.88 Å². The van der Waals surface area contributed by atoms with Gasteiger partial charge < -0.3 is 9.64 Å². The average Bonchev–Trinajstić information content (AvgIpc) is 2.48. The molecular formula is C15H16N2O2. The molecule has 4 nitrogen and oxygen atoms in total. The Morgan fingerprint density at radius 3 is 2.63 bits per heavy atom. The van der Waals surface area contributed by atoms with Crippen molar-refractivity contribution in [2.24, 2.45) is 0 Å². The molecule has 2 heterocycles. The van der Waals surface area contributed by atoms with Crippen LogP contribution < -0.4 is 4.74 Å². The predicted octanol–water partition coefficient (Wildman–Crippen LogP) is 3.22. The van der Waals surface area contributed by atoms with Crippen LogP contribution in [-0.2, 0) is 0 Å². The Kier molecular flexibility index (Phi) is 3.31. The molecule has 1 amide bonds. The van der Waals surface area contributed by atoms with Crippen LogP contribution in [-0.4, -0.2) is 29.1 Å². The molecule has 3 rings (SSSR count). The first kappa shape index (κ1) is 12.0. The number of aromatic nitrogens is 1. The zero-order valence-electron chi connectivity index (χ0n) is 10.7. The fraction of sp³-hybridized carbons (Fsp3) is 0.333. The van der Waals surface area contributed by atoms with E-state index in [9.17, 15) is 4.79 Å². The molecule has 0 radical (unpaired) electrons. The molecule has 0 atom stereocenters. The van der Waals surface area contributed by atoms with Crippen molar-refractivity contribution in [3.05, 3.63) is 36.5 Å². The number of hydrogen-bond acceptors (Lipinski definition) is 3. The second kappa shape index (κ2) is 5.26. The highest BCUT2D eigenvalue weighted by molar-refractivity contribution is 5.83. The first-order valence-electron chi connectivity index (χ1n) is 6.64. The van der Waals surface area contributed by atoms with E-state index in [4.69, 9.17) is 4.74 Å². The zero-order valence-corrected chi connectivity index (χ0v) is 10.7. The number of fused-ring (bicyclic) bond motifs is 1. The Balaban J connectivity index is 1.75. The largest absolute Gasteiger partial charge is 0.416 e. The number of likely N-dealkylation sites (tertiary alicyclic amines) is 1. The number of carbonyl (C=O) groups is 1. The highest BCUT2D eigenvalue weighted by Gasteiger charge is 2.18. The summed E-state index contributed by atoms with van der Waals surface area (Å²) in [6.45, 7) is 1.57. The van der Waals surface area contributed by atoms with E-state index in [2.05, 4.69) is 4.98 Å². The van der Waals surface area contributed by atoms with Crippen molar-refractivity contribution in [1.82, 2.24) is 9.88 Å². The number of rotatable bonds is 1. The van der Waals surface area contributed by atoms with Crippen LogP contribution in [0.4, 0.5) is 4.79 Å². The fourth-order valence-electron chi connectivity index (χ4n) is 2.35. The van der Waals surface area contributed by atoms with Crippen LogP contribution in [0.2, 0.25) is 0 Å². The molecule has 0 saturated carbocycles. The zero-order chi connectivity index (χ0) is 13.1. The molecule has 1 saturated heterocycles. The number of hydrogen-bond donors (Lipinski definition) is 0. The minimum Gasteiger partial charge on any atom is -0.391 e. The summed E-state index contributed by atoms with van der Waals surface area (Å²) in [5.74, 6) is 0.370. The van der Waals surface area contributed by atoms with Gasteiger partial charge in [-0.15, -0.1) is 0 Å². The summed E-state index contributed by atoms with van der Waals surface area (Å²) in [6, 6.07) is 9.69. The summed E-state index contributed by atoms with van der Waals surface area (Å²) in [6.07, 6.45) is 4.75. The second-order valence-electron chi connectivity index (χ2n) is 4.79. The van der Waals surface area contributed by atoms with E-state index in [1.807, 2.05) is 24.3 Å². The highest BCUT2D eigenvalue weighted by atomic mass is 16.6. The standard InChI is InChI=1S/C15H16N2O2/c18-15(17-8-4-1-5-9-17)19-14-10-12-6-2-3-7-13(12)11-16-14/h2-3,6-7,10-11H,1,4-5,8-9H2. The normalized spacial score (nSPS) is 15.5.